The Morgan fingerprint density at radius 2 is 1.00 bits per heavy atom. The number of fused-ring (bicyclic) bond motifs is 10. The zero-order valence-corrected chi connectivity index (χ0v) is 34.0. The van der Waals surface area contributed by atoms with Crippen molar-refractivity contribution in [2.45, 2.75) is 239 Å². The van der Waals surface area contributed by atoms with Gasteiger partial charge in [-0.05, 0) is 150 Å². The molecule has 11 rings (SSSR count). The molecule has 3 saturated heterocycles. The van der Waals surface area contributed by atoms with Crippen molar-refractivity contribution in [3.05, 3.63) is 0 Å². The largest absolute Gasteiger partial charge is 0.374 e. The van der Waals surface area contributed by atoms with Gasteiger partial charge in [-0.1, -0.05) is 83.5 Å². The highest BCUT2D eigenvalue weighted by Crippen LogP contribution is 2.62. The fourth-order valence-electron chi connectivity index (χ4n) is 17.4. The molecule has 0 aromatic heterocycles. The van der Waals surface area contributed by atoms with Crippen LogP contribution >= 0.6 is 11.8 Å². The molecule has 8 saturated carbocycles. The fourth-order valence-corrected chi connectivity index (χ4v) is 19.5. The average molecular weight is 732 g/mol. The molecule has 8 aliphatic carbocycles. The predicted octanol–water partition coefficient (Wildman–Crippen LogP) is 12.0. The van der Waals surface area contributed by atoms with Crippen molar-refractivity contribution in [1.82, 2.24) is 4.90 Å². The summed E-state index contributed by atoms with van der Waals surface area (Å²) in [5.74, 6) is 9.41. The third kappa shape index (κ3) is 6.28. The van der Waals surface area contributed by atoms with Gasteiger partial charge in [0.15, 0.2) is 0 Å². The lowest BCUT2D eigenvalue weighted by Crippen LogP contribution is -2.61. The topological polar surface area (TPSA) is 21.7 Å². The molecule has 0 N–H and O–H groups in total. The summed E-state index contributed by atoms with van der Waals surface area (Å²) in [7, 11) is 0. The smallest absolute Gasteiger partial charge is 0.0766 e. The van der Waals surface area contributed by atoms with E-state index in [2.05, 4.69) is 16.7 Å². The molecule has 16 atom stereocenters. The number of thioether (sulfide) groups is 1. The standard InChI is InChI=1S/C48H77NO2S/c1-2-11-30(12-3-1)32-13-8-14-33(29-32)31-23-25-34(26-24-31)49(39-18-10-21-42-45(39)37-15-4-6-20-41(37)50-42)40-19-9-17-35-36-27-28-44-46(48(36)51-47(35)40)38-16-5-7-22-43(38)52-44/h30-48H,1-29H2. The van der Waals surface area contributed by atoms with Crippen LogP contribution in [0.5, 0.6) is 0 Å². The van der Waals surface area contributed by atoms with E-state index in [-0.39, 0.29) is 0 Å². The highest BCUT2D eigenvalue weighted by molar-refractivity contribution is 8.00. The molecule has 3 aliphatic heterocycles. The average Bonchev–Trinajstić information content (AvgIpc) is 3.90. The first-order chi connectivity index (χ1) is 25.8. The maximum absolute atomic E-state index is 7.82. The first-order valence-electron chi connectivity index (χ1n) is 24.5. The SMILES string of the molecule is C1CCC(C2CCCC(C3CCC(N(C4CCCC5C6CCC7SC8CCCCC8C7C6OC54)C4CCCC5OC6CCCCC6C54)CC3)C2)CC1. The third-order valence-electron chi connectivity index (χ3n) is 19.4. The van der Waals surface area contributed by atoms with Crippen molar-refractivity contribution in [2.24, 2.45) is 59.2 Å². The summed E-state index contributed by atoms with van der Waals surface area (Å²) in [5.41, 5.74) is 0. The Bertz CT molecular complexity index is 1210. The molecular formula is C48H77NO2S. The van der Waals surface area contributed by atoms with Gasteiger partial charge < -0.3 is 9.47 Å². The molecule has 11 fully saturated rings. The summed E-state index contributed by atoms with van der Waals surface area (Å²) < 4.78 is 14.9. The number of rotatable bonds is 5. The number of ether oxygens (including phenoxy) is 2. The Hall–Kier alpha value is 0.230. The van der Waals surface area contributed by atoms with Crippen LogP contribution in [0.1, 0.15) is 186 Å². The van der Waals surface area contributed by atoms with Crippen LogP contribution in [-0.2, 0) is 9.47 Å². The molecule has 0 aromatic carbocycles. The molecule has 0 amide bonds. The van der Waals surface area contributed by atoms with Crippen LogP contribution in [0.25, 0.3) is 0 Å². The maximum Gasteiger partial charge on any atom is 0.0766 e. The number of hydrogen-bond acceptors (Lipinski definition) is 4. The van der Waals surface area contributed by atoms with E-state index in [0.717, 1.165) is 81.8 Å². The minimum absolute atomic E-state index is 0.521. The van der Waals surface area contributed by atoms with Gasteiger partial charge in [0.25, 0.3) is 0 Å². The first-order valence-corrected chi connectivity index (χ1v) is 25.5. The summed E-state index contributed by atoms with van der Waals surface area (Å²) in [6, 6.07) is 2.23. The van der Waals surface area contributed by atoms with Crippen molar-refractivity contribution >= 4 is 11.8 Å². The Labute approximate surface area is 323 Å². The highest BCUT2D eigenvalue weighted by atomic mass is 32.2. The molecule has 0 spiro atoms. The molecule has 0 aromatic rings. The molecule has 0 radical (unpaired) electrons. The van der Waals surface area contributed by atoms with Crippen LogP contribution in [0.2, 0.25) is 0 Å². The third-order valence-corrected chi connectivity index (χ3v) is 21.3. The zero-order chi connectivity index (χ0) is 34.2. The van der Waals surface area contributed by atoms with Crippen molar-refractivity contribution in [3.8, 4) is 0 Å². The van der Waals surface area contributed by atoms with Crippen LogP contribution in [0.15, 0.2) is 0 Å². The van der Waals surface area contributed by atoms with Crippen molar-refractivity contribution in [3.63, 3.8) is 0 Å². The van der Waals surface area contributed by atoms with E-state index in [1.165, 1.54) is 148 Å². The first kappa shape index (κ1) is 35.4. The van der Waals surface area contributed by atoms with E-state index in [4.69, 9.17) is 9.47 Å². The van der Waals surface area contributed by atoms with Crippen molar-refractivity contribution < 1.29 is 9.47 Å². The van der Waals surface area contributed by atoms with Gasteiger partial charge in [0.2, 0.25) is 0 Å². The minimum atomic E-state index is 0.521. The minimum Gasteiger partial charge on any atom is -0.374 e. The molecule has 11 aliphatic rings. The van der Waals surface area contributed by atoms with Gasteiger partial charge in [0, 0.05) is 40.5 Å². The van der Waals surface area contributed by atoms with E-state index < -0.39 is 0 Å². The Kier molecular flexibility index (Phi) is 10.3. The second-order valence-corrected chi connectivity index (χ2v) is 23.0. The normalized spacial score (nSPS) is 53.7. The lowest BCUT2D eigenvalue weighted by molar-refractivity contribution is -0.111. The van der Waals surface area contributed by atoms with Gasteiger partial charge in [-0.15, -0.1) is 0 Å². The summed E-state index contributed by atoms with van der Waals surface area (Å²) in [5, 5.41) is 1.87. The summed E-state index contributed by atoms with van der Waals surface area (Å²) in [6.07, 6.45) is 45.4. The Balaban J connectivity index is 0.858. The Morgan fingerprint density at radius 1 is 0.365 bits per heavy atom. The molecular weight excluding hydrogens is 655 g/mol. The van der Waals surface area contributed by atoms with E-state index in [1.807, 2.05) is 0 Å². The van der Waals surface area contributed by atoms with Crippen LogP contribution in [0.3, 0.4) is 0 Å². The van der Waals surface area contributed by atoms with Gasteiger partial charge >= 0.3 is 0 Å². The second-order valence-electron chi connectivity index (χ2n) is 21.5. The van der Waals surface area contributed by atoms with E-state index in [0.29, 0.717) is 30.5 Å². The lowest BCUT2D eigenvalue weighted by atomic mass is 9.63. The Morgan fingerprint density at radius 3 is 1.87 bits per heavy atom. The molecule has 3 heterocycles. The van der Waals surface area contributed by atoms with Gasteiger partial charge in [-0.25, -0.2) is 0 Å². The van der Waals surface area contributed by atoms with Crippen LogP contribution in [0, 0.1) is 59.2 Å². The predicted molar refractivity (Wildman–Crippen MR) is 214 cm³/mol. The van der Waals surface area contributed by atoms with E-state index in [9.17, 15) is 0 Å². The van der Waals surface area contributed by atoms with Crippen LogP contribution in [0.4, 0.5) is 0 Å². The quantitative estimate of drug-likeness (QED) is 0.281. The number of hydrogen-bond donors (Lipinski definition) is 0. The molecule has 0 bridgehead atoms. The summed E-state index contributed by atoms with van der Waals surface area (Å²) in [4.78, 5) is 3.37. The monoisotopic (exact) mass is 732 g/mol. The molecule has 16 unspecified atom stereocenters. The van der Waals surface area contributed by atoms with Crippen molar-refractivity contribution in [2.75, 3.05) is 0 Å². The van der Waals surface area contributed by atoms with Crippen LogP contribution < -0.4 is 0 Å². The zero-order valence-electron chi connectivity index (χ0n) is 33.1. The lowest BCUT2D eigenvalue weighted by Gasteiger charge is -2.54. The van der Waals surface area contributed by atoms with Gasteiger partial charge in [0.05, 0.1) is 24.4 Å². The van der Waals surface area contributed by atoms with Gasteiger partial charge in [0.1, 0.15) is 0 Å². The fraction of sp³-hybridized carbons (Fsp3) is 1.00. The van der Waals surface area contributed by atoms with Gasteiger partial charge in [-0.3, -0.25) is 4.90 Å². The molecule has 292 valence electrons. The molecule has 3 nitrogen and oxygen atoms in total. The second kappa shape index (κ2) is 15.2. The van der Waals surface area contributed by atoms with E-state index >= 15 is 0 Å². The summed E-state index contributed by atoms with van der Waals surface area (Å²) >= 11 is 2.45. The number of nitrogens with zero attached hydrogens (tertiary/aromatic N) is 1. The van der Waals surface area contributed by atoms with Gasteiger partial charge in [-0.2, -0.15) is 11.8 Å². The van der Waals surface area contributed by atoms with Crippen molar-refractivity contribution in [1.29, 1.82) is 0 Å². The summed E-state index contributed by atoms with van der Waals surface area (Å²) in [6.45, 7) is 0. The highest BCUT2D eigenvalue weighted by Gasteiger charge is 2.61. The molecule has 52 heavy (non-hydrogen) atoms. The maximum atomic E-state index is 7.82. The van der Waals surface area contributed by atoms with E-state index in [1.54, 1.807) is 38.5 Å². The van der Waals surface area contributed by atoms with Crippen LogP contribution in [-0.4, -0.2) is 57.9 Å². The molecule has 4 heteroatoms.